The normalized spacial score (nSPS) is 17.9. The van der Waals surface area contributed by atoms with Gasteiger partial charge in [-0.05, 0) is 36.2 Å². The topological polar surface area (TPSA) is 147 Å². The van der Waals surface area contributed by atoms with Crippen LogP contribution >= 0.6 is 0 Å². The predicted molar refractivity (Wildman–Crippen MR) is 108 cm³/mol. The Balaban J connectivity index is 1.39. The molecule has 1 fully saturated rings. The number of aromatic carboxylic acids is 1. The summed E-state index contributed by atoms with van der Waals surface area (Å²) < 4.78 is 1.49. The Morgan fingerprint density at radius 1 is 1.12 bits per heavy atom. The molecule has 0 saturated carbocycles. The van der Waals surface area contributed by atoms with E-state index < -0.39 is 17.9 Å². The van der Waals surface area contributed by atoms with Crippen LogP contribution in [0.2, 0.25) is 0 Å². The highest BCUT2D eigenvalue weighted by Crippen LogP contribution is 2.29. The maximum atomic E-state index is 13.0. The second kappa shape index (κ2) is 7.38. The molecule has 4 heterocycles. The number of carbonyl (C=O) groups excluding carboxylic acids is 3. The number of nitrogens with zero attached hydrogens (tertiary/aromatic N) is 5. The molecule has 2 aliphatic rings. The van der Waals surface area contributed by atoms with Crippen molar-refractivity contribution in [3.05, 3.63) is 59.4 Å². The number of amides is 3. The van der Waals surface area contributed by atoms with Crippen molar-refractivity contribution in [1.29, 1.82) is 0 Å². The van der Waals surface area contributed by atoms with Gasteiger partial charge in [-0.15, -0.1) is 5.10 Å². The van der Waals surface area contributed by atoms with E-state index in [1.807, 2.05) is 0 Å². The van der Waals surface area contributed by atoms with Crippen LogP contribution in [0.4, 0.5) is 0 Å². The van der Waals surface area contributed by atoms with Crippen LogP contribution in [0.3, 0.4) is 0 Å². The van der Waals surface area contributed by atoms with Crippen molar-refractivity contribution in [2.75, 3.05) is 0 Å². The van der Waals surface area contributed by atoms with Gasteiger partial charge in [0.1, 0.15) is 11.7 Å². The number of aromatic nitrogens is 4. The number of nitrogens with one attached hydrogen (secondary N) is 1. The van der Waals surface area contributed by atoms with E-state index in [1.165, 1.54) is 21.8 Å². The minimum atomic E-state index is -1.07. The fourth-order valence-electron chi connectivity index (χ4n) is 3.86. The molecule has 32 heavy (non-hydrogen) atoms. The first-order chi connectivity index (χ1) is 15.4. The summed E-state index contributed by atoms with van der Waals surface area (Å²) >= 11 is 0. The Morgan fingerprint density at radius 3 is 2.69 bits per heavy atom. The first-order valence-corrected chi connectivity index (χ1v) is 9.81. The molecule has 0 bridgehead atoms. The minimum absolute atomic E-state index is 0.0684. The molecule has 1 aromatic carbocycles. The van der Waals surface area contributed by atoms with E-state index >= 15 is 0 Å². The van der Waals surface area contributed by atoms with E-state index in [9.17, 15) is 19.2 Å². The summed E-state index contributed by atoms with van der Waals surface area (Å²) in [5.74, 6) is -2.12. The van der Waals surface area contributed by atoms with E-state index in [0.29, 0.717) is 35.6 Å². The van der Waals surface area contributed by atoms with Gasteiger partial charge in [0, 0.05) is 24.7 Å². The number of hydrogen-bond donors (Lipinski definition) is 2. The molecular formula is C21H16N6O5. The zero-order valence-corrected chi connectivity index (χ0v) is 16.6. The molecule has 5 rings (SSSR count). The fourth-order valence-corrected chi connectivity index (χ4v) is 3.86. The molecule has 1 saturated heterocycles. The number of piperidine rings is 1. The molecule has 1 atom stereocenters. The number of carboxylic acids is 1. The molecule has 3 aromatic rings. The molecule has 1 unspecified atom stereocenters. The van der Waals surface area contributed by atoms with Gasteiger partial charge < -0.3 is 10.0 Å². The lowest BCUT2D eigenvalue weighted by Crippen LogP contribution is -2.52. The summed E-state index contributed by atoms with van der Waals surface area (Å²) in [6.07, 6.45) is 3.37. The maximum absolute atomic E-state index is 13.0. The lowest BCUT2D eigenvalue weighted by Gasteiger charge is -2.29. The Bertz CT molecular complexity index is 1280. The largest absolute Gasteiger partial charge is 0.478 e. The highest BCUT2D eigenvalue weighted by Gasteiger charge is 2.39. The molecule has 11 heteroatoms. The molecule has 2 aromatic heterocycles. The number of fused-ring (bicyclic) bond motifs is 1. The van der Waals surface area contributed by atoms with Crippen LogP contribution in [0.1, 0.15) is 39.1 Å². The molecule has 2 N–H and O–H groups in total. The van der Waals surface area contributed by atoms with E-state index in [1.54, 1.807) is 30.5 Å². The van der Waals surface area contributed by atoms with Crippen molar-refractivity contribution in [3.63, 3.8) is 0 Å². The second-order valence-corrected chi connectivity index (χ2v) is 7.53. The molecular weight excluding hydrogens is 416 g/mol. The van der Waals surface area contributed by atoms with Crippen LogP contribution < -0.4 is 5.32 Å². The van der Waals surface area contributed by atoms with Gasteiger partial charge in [-0.2, -0.15) is 0 Å². The fraction of sp³-hybridized carbons (Fsp3) is 0.190. The highest BCUT2D eigenvalue weighted by atomic mass is 16.4. The van der Waals surface area contributed by atoms with Crippen molar-refractivity contribution in [1.82, 2.24) is 30.2 Å². The summed E-state index contributed by atoms with van der Waals surface area (Å²) in [5, 5.41) is 19.4. The SMILES string of the molecule is O=C1CCC(N2Cc3ccc(-n4cc(-c5ccc(C(=O)O)cn5)nn4)cc3C2=O)C(=O)N1. The number of rotatable bonds is 4. The van der Waals surface area contributed by atoms with Gasteiger partial charge in [0.15, 0.2) is 0 Å². The monoisotopic (exact) mass is 432 g/mol. The standard InChI is InChI=1S/C21H16N6O5/c28-18-6-5-17(19(29)23-18)26-9-12-1-3-13(7-14(12)20(26)30)27-10-16(24-25-27)15-4-2-11(8-22-15)21(31)32/h1-4,7-8,10,17H,5-6,9H2,(H,31,32)(H,23,28,29). The van der Waals surface area contributed by atoms with Crippen molar-refractivity contribution in [2.45, 2.75) is 25.4 Å². The number of carbonyl (C=O) groups is 4. The predicted octanol–water partition coefficient (Wildman–Crippen LogP) is 0.788. The van der Waals surface area contributed by atoms with Crippen molar-refractivity contribution >= 4 is 23.7 Å². The number of pyridine rings is 1. The molecule has 0 aliphatic carbocycles. The molecule has 0 spiro atoms. The van der Waals surface area contributed by atoms with Crippen LogP contribution in [-0.4, -0.2) is 59.7 Å². The van der Waals surface area contributed by atoms with Crippen molar-refractivity contribution < 1.29 is 24.3 Å². The zero-order valence-electron chi connectivity index (χ0n) is 16.6. The summed E-state index contributed by atoms with van der Waals surface area (Å²) in [4.78, 5) is 53.1. The van der Waals surface area contributed by atoms with Crippen LogP contribution in [0.25, 0.3) is 17.1 Å². The third-order valence-electron chi connectivity index (χ3n) is 5.54. The molecule has 0 radical (unpaired) electrons. The average molecular weight is 432 g/mol. The molecule has 3 amide bonds. The van der Waals surface area contributed by atoms with E-state index in [4.69, 9.17) is 5.11 Å². The number of hydrogen-bond acceptors (Lipinski definition) is 7. The number of imide groups is 1. The Hall–Kier alpha value is -4.41. The van der Waals surface area contributed by atoms with E-state index in [0.717, 1.165) is 5.56 Å². The van der Waals surface area contributed by atoms with Crippen LogP contribution in [-0.2, 0) is 16.1 Å². The smallest absolute Gasteiger partial charge is 0.337 e. The summed E-state index contributed by atoms with van der Waals surface area (Å²) in [6, 6.07) is 7.58. The lowest BCUT2D eigenvalue weighted by molar-refractivity contribution is -0.136. The minimum Gasteiger partial charge on any atom is -0.478 e. The van der Waals surface area contributed by atoms with Gasteiger partial charge >= 0.3 is 5.97 Å². The summed E-state index contributed by atoms with van der Waals surface area (Å²) in [6.45, 7) is 0.295. The maximum Gasteiger partial charge on any atom is 0.337 e. The third-order valence-corrected chi connectivity index (χ3v) is 5.54. The zero-order chi connectivity index (χ0) is 22.4. The highest BCUT2D eigenvalue weighted by molar-refractivity contribution is 6.05. The third kappa shape index (κ3) is 3.29. The van der Waals surface area contributed by atoms with Gasteiger partial charge in [0.05, 0.1) is 23.1 Å². The van der Waals surface area contributed by atoms with Crippen LogP contribution in [0.5, 0.6) is 0 Å². The first kappa shape index (κ1) is 19.5. The van der Waals surface area contributed by atoms with Crippen molar-refractivity contribution in [2.24, 2.45) is 0 Å². The van der Waals surface area contributed by atoms with Gasteiger partial charge in [0.25, 0.3) is 5.91 Å². The lowest BCUT2D eigenvalue weighted by atomic mass is 10.0. The van der Waals surface area contributed by atoms with Crippen LogP contribution in [0, 0.1) is 0 Å². The molecule has 2 aliphatic heterocycles. The van der Waals surface area contributed by atoms with E-state index in [2.05, 4.69) is 20.6 Å². The Kier molecular flexibility index (Phi) is 4.51. The Morgan fingerprint density at radius 2 is 1.97 bits per heavy atom. The summed E-state index contributed by atoms with van der Waals surface area (Å²) in [7, 11) is 0. The van der Waals surface area contributed by atoms with Gasteiger partial charge in [0.2, 0.25) is 11.8 Å². The summed E-state index contributed by atoms with van der Waals surface area (Å²) in [5.41, 5.74) is 2.83. The number of carboxylic acid groups (broad SMARTS) is 1. The average Bonchev–Trinajstić information content (AvgIpc) is 3.39. The molecule has 11 nitrogen and oxygen atoms in total. The first-order valence-electron chi connectivity index (χ1n) is 9.81. The molecule has 160 valence electrons. The number of benzene rings is 1. The van der Waals surface area contributed by atoms with Gasteiger partial charge in [-0.3, -0.25) is 24.7 Å². The Labute approximate surface area is 180 Å². The quantitative estimate of drug-likeness (QED) is 0.575. The van der Waals surface area contributed by atoms with Crippen LogP contribution in [0.15, 0.2) is 42.7 Å². The second-order valence-electron chi connectivity index (χ2n) is 7.53. The van der Waals surface area contributed by atoms with E-state index in [-0.39, 0.29) is 23.8 Å². The van der Waals surface area contributed by atoms with Gasteiger partial charge in [-0.1, -0.05) is 11.3 Å². The van der Waals surface area contributed by atoms with Crippen molar-refractivity contribution in [3.8, 4) is 17.1 Å². The van der Waals surface area contributed by atoms with Gasteiger partial charge in [-0.25, -0.2) is 9.48 Å².